The highest BCUT2D eigenvalue weighted by Gasteiger charge is 2.23. The van der Waals surface area contributed by atoms with Crippen molar-refractivity contribution in [1.29, 1.82) is 0 Å². The fourth-order valence-electron chi connectivity index (χ4n) is 2.85. The summed E-state index contributed by atoms with van der Waals surface area (Å²) in [5.74, 6) is 0.518. The molecule has 2 rings (SSSR count). The standard InChI is InChI=1S/C17H23BrN2O3/c1-19-13-4-3-9-20(11-13)17(22)8-6-15(21)14-10-12(18)5-7-16(14)23-2/h5,7,10,13,19H,3-4,6,8-9,11H2,1-2H3. The van der Waals surface area contributed by atoms with Crippen LogP contribution in [0.25, 0.3) is 0 Å². The second kappa shape index (κ2) is 8.45. The lowest BCUT2D eigenvalue weighted by Gasteiger charge is -2.32. The molecule has 1 atom stereocenters. The SMILES string of the molecule is CNC1CCCN(C(=O)CCC(=O)c2cc(Br)ccc2OC)C1. The number of ketones is 1. The molecule has 1 heterocycles. The number of likely N-dealkylation sites (tertiary alicyclic amines) is 1. The number of ether oxygens (including phenoxy) is 1. The number of carbonyl (C=O) groups is 2. The highest BCUT2D eigenvalue weighted by Crippen LogP contribution is 2.24. The van der Waals surface area contributed by atoms with Crippen molar-refractivity contribution in [2.24, 2.45) is 0 Å². The summed E-state index contributed by atoms with van der Waals surface area (Å²) in [5.41, 5.74) is 0.515. The number of nitrogens with zero attached hydrogens (tertiary/aromatic N) is 1. The number of nitrogens with one attached hydrogen (secondary N) is 1. The fourth-order valence-corrected chi connectivity index (χ4v) is 3.21. The van der Waals surface area contributed by atoms with E-state index in [0.29, 0.717) is 17.4 Å². The van der Waals surface area contributed by atoms with E-state index in [1.165, 1.54) is 7.11 Å². The Balaban J connectivity index is 1.94. The van der Waals surface area contributed by atoms with E-state index >= 15 is 0 Å². The van der Waals surface area contributed by atoms with E-state index in [-0.39, 0.29) is 24.5 Å². The quantitative estimate of drug-likeness (QED) is 0.768. The summed E-state index contributed by atoms with van der Waals surface area (Å²) in [7, 11) is 3.46. The lowest BCUT2D eigenvalue weighted by molar-refractivity contribution is -0.132. The molecule has 0 radical (unpaired) electrons. The van der Waals surface area contributed by atoms with Gasteiger partial charge in [-0.1, -0.05) is 15.9 Å². The zero-order valence-electron chi connectivity index (χ0n) is 13.6. The van der Waals surface area contributed by atoms with Crippen LogP contribution in [-0.4, -0.2) is 49.9 Å². The van der Waals surface area contributed by atoms with Crippen molar-refractivity contribution in [3.05, 3.63) is 28.2 Å². The van der Waals surface area contributed by atoms with Gasteiger partial charge in [-0.25, -0.2) is 0 Å². The van der Waals surface area contributed by atoms with Gasteiger partial charge in [-0.3, -0.25) is 9.59 Å². The molecular formula is C17H23BrN2O3. The predicted octanol–water partition coefficient (Wildman–Crippen LogP) is 2.63. The number of methoxy groups -OCH3 is 1. The molecule has 1 aromatic carbocycles. The minimum atomic E-state index is -0.0707. The van der Waals surface area contributed by atoms with E-state index in [1.54, 1.807) is 12.1 Å². The summed E-state index contributed by atoms with van der Waals surface area (Å²) in [6, 6.07) is 5.67. The smallest absolute Gasteiger partial charge is 0.223 e. The van der Waals surface area contributed by atoms with Crippen LogP contribution in [0.4, 0.5) is 0 Å². The Morgan fingerprint density at radius 1 is 1.39 bits per heavy atom. The molecule has 126 valence electrons. The first kappa shape index (κ1) is 17.9. The van der Waals surface area contributed by atoms with Crippen LogP contribution in [0.2, 0.25) is 0 Å². The lowest BCUT2D eigenvalue weighted by Crippen LogP contribution is -2.47. The fraction of sp³-hybridized carbons (Fsp3) is 0.529. The molecule has 1 unspecified atom stereocenters. The van der Waals surface area contributed by atoms with Crippen molar-refractivity contribution in [1.82, 2.24) is 10.2 Å². The molecule has 23 heavy (non-hydrogen) atoms. The van der Waals surface area contributed by atoms with Crippen LogP contribution in [0.15, 0.2) is 22.7 Å². The van der Waals surface area contributed by atoms with Crippen LogP contribution in [0.1, 0.15) is 36.0 Å². The van der Waals surface area contributed by atoms with Crippen LogP contribution >= 0.6 is 15.9 Å². The molecule has 1 aromatic rings. The molecule has 6 heteroatoms. The first-order valence-corrected chi connectivity index (χ1v) is 8.66. The van der Waals surface area contributed by atoms with Gasteiger partial charge in [0.15, 0.2) is 5.78 Å². The van der Waals surface area contributed by atoms with E-state index in [2.05, 4.69) is 21.2 Å². The highest BCUT2D eigenvalue weighted by atomic mass is 79.9. The number of hydrogen-bond donors (Lipinski definition) is 1. The van der Waals surface area contributed by atoms with E-state index in [4.69, 9.17) is 4.74 Å². The largest absolute Gasteiger partial charge is 0.496 e. The minimum Gasteiger partial charge on any atom is -0.496 e. The van der Waals surface area contributed by atoms with Gasteiger partial charge in [0.25, 0.3) is 0 Å². The molecule has 1 saturated heterocycles. The Bertz CT molecular complexity index is 577. The van der Waals surface area contributed by atoms with Crippen LogP contribution in [-0.2, 0) is 4.79 Å². The molecule has 1 fully saturated rings. The topological polar surface area (TPSA) is 58.6 Å². The molecule has 0 aromatic heterocycles. The van der Waals surface area contributed by atoms with Crippen molar-refractivity contribution in [3.8, 4) is 5.75 Å². The third-order valence-corrected chi connectivity index (χ3v) is 4.70. The third-order valence-electron chi connectivity index (χ3n) is 4.21. The van der Waals surface area contributed by atoms with Gasteiger partial charge >= 0.3 is 0 Å². The van der Waals surface area contributed by atoms with Crippen molar-refractivity contribution >= 4 is 27.6 Å². The van der Waals surface area contributed by atoms with Crippen molar-refractivity contribution in [2.75, 3.05) is 27.2 Å². The van der Waals surface area contributed by atoms with Gasteiger partial charge in [0.2, 0.25) is 5.91 Å². The number of amides is 1. The first-order valence-electron chi connectivity index (χ1n) is 7.87. The molecule has 0 saturated carbocycles. The van der Waals surface area contributed by atoms with E-state index in [0.717, 1.165) is 30.4 Å². The average Bonchev–Trinajstić information content (AvgIpc) is 2.59. The maximum atomic E-state index is 12.4. The van der Waals surface area contributed by atoms with Crippen LogP contribution in [0.3, 0.4) is 0 Å². The van der Waals surface area contributed by atoms with E-state index < -0.39 is 0 Å². The molecule has 1 N–H and O–H groups in total. The van der Waals surface area contributed by atoms with Crippen molar-refractivity contribution in [2.45, 2.75) is 31.7 Å². The maximum Gasteiger partial charge on any atom is 0.223 e. The lowest BCUT2D eigenvalue weighted by atomic mass is 10.0. The molecule has 1 aliphatic heterocycles. The number of halogens is 1. The number of benzene rings is 1. The summed E-state index contributed by atoms with van der Waals surface area (Å²) >= 11 is 3.36. The molecule has 1 amide bonds. The monoisotopic (exact) mass is 382 g/mol. The van der Waals surface area contributed by atoms with E-state index in [9.17, 15) is 9.59 Å². The number of hydrogen-bond acceptors (Lipinski definition) is 4. The zero-order chi connectivity index (χ0) is 16.8. The predicted molar refractivity (Wildman–Crippen MR) is 92.9 cm³/mol. The van der Waals surface area contributed by atoms with Gasteiger partial charge in [-0.2, -0.15) is 0 Å². The van der Waals surface area contributed by atoms with Gasteiger partial charge in [0.1, 0.15) is 5.75 Å². The van der Waals surface area contributed by atoms with Gasteiger partial charge in [-0.15, -0.1) is 0 Å². The summed E-state index contributed by atoms with van der Waals surface area (Å²) in [5, 5.41) is 3.22. The molecule has 5 nitrogen and oxygen atoms in total. The molecule has 0 bridgehead atoms. The normalized spacial score (nSPS) is 17.9. The number of Topliss-reactive ketones (excluding diaryl/α,β-unsaturated/α-hetero) is 1. The Morgan fingerprint density at radius 2 is 2.17 bits per heavy atom. The summed E-state index contributed by atoms with van der Waals surface area (Å²) in [6.45, 7) is 1.51. The molecule has 0 aliphatic carbocycles. The van der Waals surface area contributed by atoms with Crippen molar-refractivity contribution in [3.63, 3.8) is 0 Å². The Kier molecular flexibility index (Phi) is 6.59. The number of carbonyl (C=O) groups excluding carboxylic acids is 2. The maximum absolute atomic E-state index is 12.4. The number of rotatable bonds is 6. The van der Waals surface area contributed by atoms with E-state index in [1.807, 2.05) is 18.0 Å². The van der Waals surface area contributed by atoms with Gasteiger partial charge in [-0.05, 0) is 38.1 Å². The summed E-state index contributed by atoms with van der Waals surface area (Å²) < 4.78 is 6.05. The molecule has 0 spiro atoms. The van der Waals surface area contributed by atoms with Crippen LogP contribution < -0.4 is 10.1 Å². The van der Waals surface area contributed by atoms with Crippen LogP contribution in [0, 0.1) is 0 Å². The van der Waals surface area contributed by atoms with Crippen molar-refractivity contribution < 1.29 is 14.3 Å². The van der Waals surface area contributed by atoms with Crippen LogP contribution in [0.5, 0.6) is 5.75 Å². The third kappa shape index (κ3) is 4.78. The average molecular weight is 383 g/mol. The molecule has 1 aliphatic rings. The first-order chi connectivity index (χ1) is 11.0. The summed E-state index contributed by atoms with van der Waals surface area (Å²) in [6.07, 6.45) is 2.54. The van der Waals surface area contributed by atoms with Gasteiger partial charge in [0.05, 0.1) is 12.7 Å². The highest BCUT2D eigenvalue weighted by molar-refractivity contribution is 9.10. The Labute approximate surface area is 145 Å². The number of likely N-dealkylation sites (N-methyl/N-ethyl adjacent to an activating group) is 1. The summed E-state index contributed by atoms with van der Waals surface area (Å²) in [4.78, 5) is 26.6. The Morgan fingerprint density at radius 3 is 2.87 bits per heavy atom. The minimum absolute atomic E-state index is 0.0484. The second-order valence-electron chi connectivity index (χ2n) is 5.74. The Hall–Kier alpha value is -1.40. The van der Waals surface area contributed by atoms with Gasteiger partial charge < -0.3 is 15.0 Å². The molecular weight excluding hydrogens is 360 g/mol. The number of piperidine rings is 1. The zero-order valence-corrected chi connectivity index (χ0v) is 15.2. The second-order valence-corrected chi connectivity index (χ2v) is 6.65. The van der Waals surface area contributed by atoms with Gasteiger partial charge in [0, 0.05) is 36.4 Å².